The van der Waals surface area contributed by atoms with Crippen molar-refractivity contribution >= 4 is 0 Å². The van der Waals surface area contributed by atoms with Gasteiger partial charge in [0.25, 0.3) is 0 Å². The predicted octanol–water partition coefficient (Wildman–Crippen LogP) is 2.27. The maximum Gasteiger partial charge on any atom is 0.0603 e. The average molecular weight is 211 g/mol. The second-order valence-electron chi connectivity index (χ2n) is 6.21. The van der Waals surface area contributed by atoms with E-state index in [0.29, 0.717) is 0 Å². The minimum absolute atomic E-state index is 0.495. The SMILES string of the molecule is CC(C)(O)CCN(CC1CC1)CC1CC1. The Morgan fingerprint density at radius 2 is 1.53 bits per heavy atom. The predicted molar refractivity (Wildman–Crippen MR) is 62.8 cm³/mol. The van der Waals surface area contributed by atoms with Gasteiger partial charge in [-0.25, -0.2) is 0 Å². The van der Waals surface area contributed by atoms with E-state index in [2.05, 4.69) is 4.90 Å². The third kappa shape index (κ3) is 4.98. The van der Waals surface area contributed by atoms with Crippen molar-refractivity contribution in [2.75, 3.05) is 19.6 Å². The largest absolute Gasteiger partial charge is 0.390 e. The summed E-state index contributed by atoms with van der Waals surface area (Å²) in [5.74, 6) is 1.95. The van der Waals surface area contributed by atoms with E-state index in [1.807, 2.05) is 13.8 Å². The van der Waals surface area contributed by atoms with Crippen LogP contribution in [0.25, 0.3) is 0 Å². The van der Waals surface area contributed by atoms with Crippen molar-refractivity contribution in [2.24, 2.45) is 11.8 Å². The summed E-state index contributed by atoms with van der Waals surface area (Å²) in [4.78, 5) is 2.59. The van der Waals surface area contributed by atoms with E-state index in [-0.39, 0.29) is 0 Å². The summed E-state index contributed by atoms with van der Waals surface area (Å²) in [5, 5.41) is 9.74. The second-order valence-corrected chi connectivity index (χ2v) is 6.21. The molecule has 2 aliphatic rings. The molecular formula is C13H25NO. The first kappa shape index (κ1) is 11.4. The lowest BCUT2D eigenvalue weighted by molar-refractivity contribution is 0.0563. The van der Waals surface area contributed by atoms with Crippen LogP contribution in [0.15, 0.2) is 0 Å². The van der Waals surface area contributed by atoms with Gasteiger partial charge in [-0.1, -0.05) is 0 Å². The Hall–Kier alpha value is -0.0800. The molecule has 0 aromatic heterocycles. The van der Waals surface area contributed by atoms with Crippen LogP contribution >= 0.6 is 0 Å². The number of rotatable bonds is 7. The number of hydrogen-bond acceptors (Lipinski definition) is 2. The lowest BCUT2D eigenvalue weighted by Gasteiger charge is -2.26. The van der Waals surface area contributed by atoms with Crippen LogP contribution in [0, 0.1) is 11.8 Å². The quantitative estimate of drug-likeness (QED) is 0.698. The lowest BCUT2D eigenvalue weighted by atomic mass is 10.1. The first-order valence-electron chi connectivity index (χ1n) is 6.48. The third-order valence-electron chi connectivity index (χ3n) is 3.47. The van der Waals surface area contributed by atoms with E-state index in [0.717, 1.165) is 24.8 Å². The zero-order valence-corrected chi connectivity index (χ0v) is 10.2. The molecule has 0 bridgehead atoms. The first-order chi connectivity index (χ1) is 7.03. The Morgan fingerprint density at radius 1 is 1.07 bits per heavy atom. The van der Waals surface area contributed by atoms with Crippen molar-refractivity contribution in [3.05, 3.63) is 0 Å². The van der Waals surface area contributed by atoms with E-state index in [1.165, 1.54) is 38.8 Å². The van der Waals surface area contributed by atoms with Crippen LogP contribution in [-0.2, 0) is 0 Å². The maximum absolute atomic E-state index is 9.74. The molecule has 0 aliphatic heterocycles. The molecule has 0 radical (unpaired) electrons. The van der Waals surface area contributed by atoms with Crippen molar-refractivity contribution < 1.29 is 5.11 Å². The van der Waals surface area contributed by atoms with E-state index in [4.69, 9.17) is 0 Å². The lowest BCUT2D eigenvalue weighted by Crippen LogP contribution is -2.33. The topological polar surface area (TPSA) is 23.5 Å². The van der Waals surface area contributed by atoms with Crippen LogP contribution < -0.4 is 0 Å². The highest BCUT2D eigenvalue weighted by Gasteiger charge is 2.29. The summed E-state index contributed by atoms with van der Waals surface area (Å²) in [6.45, 7) is 7.48. The molecule has 2 fully saturated rings. The minimum Gasteiger partial charge on any atom is -0.390 e. The fourth-order valence-electron chi connectivity index (χ4n) is 2.02. The molecule has 0 aromatic rings. The molecule has 1 N–H and O–H groups in total. The molecule has 0 aromatic carbocycles. The van der Waals surface area contributed by atoms with E-state index >= 15 is 0 Å². The molecule has 88 valence electrons. The Labute approximate surface area is 93.7 Å². The Balaban J connectivity index is 1.70. The highest BCUT2D eigenvalue weighted by Crippen LogP contribution is 2.33. The number of aliphatic hydroxyl groups is 1. The number of hydrogen-bond donors (Lipinski definition) is 1. The van der Waals surface area contributed by atoms with Crippen molar-refractivity contribution in [1.29, 1.82) is 0 Å². The van der Waals surface area contributed by atoms with Gasteiger partial charge in [-0.05, 0) is 57.8 Å². The van der Waals surface area contributed by atoms with Crippen molar-refractivity contribution in [1.82, 2.24) is 4.90 Å². The fourth-order valence-corrected chi connectivity index (χ4v) is 2.02. The number of nitrogens with zero attached hydrogens (tertiary/aromatic N) is 1. The van der Waals surface area contributed by atoms with E-state index in [9.17, 15) is 5.11 Å². The summed E-state index contributed by atoms with van der Waals surface area (Å²) < 4.78 is 0. The smallest absolute Gasteiger partial charge is 0.0603 e. The van der Waals surface area contributed by atoms with Crippen molar-refractivity contribution in [3.63, 3.8) is 0 Å². The van der Waals surface area contributed by atoms with E-state index < -0.39 is 5.60 Å². The van der Waals surface area contributed by atoms with Crippen molar-refractivity contribution in [2.45, 2.75) is 51.6 Å². The van der Waals surface area contributed by atoms with Crippen LogP contribution in [0.1, 0.15) is 46.0 Å². The molecule has 2 nitrogen and oxygen atoms in total. The van der Waals surface area contributed by atoms with Gasteiger partial charge in [-0.3, -0.25) is 0 Å². The first-order valence-corrected chi connectivity index (χ1v) is 6.48. The molecule has 0 spiro atoms. The van der Waals surface area contributed by atoms with Crippen molar-refractivity contribution in [3.8, 4) is 0 Å². The summed E-state index contributed by atoms with van der Waals surface area (Å²) in [5.41, 5.74) is -0.495. The Bertz CT molecular complexity index is 187. The standard InChI is InChI=1S/C13H25NO/c1-13(2,15)7-8-14(9-11-3-4-11)10-12-5-6-12/h11-12,15H,3-10H2,1-2H3. The molecular weight excluding hydrogens is 186 g/mol. The van der Waals surface area contributed by atoms with Crippen LogP contribution in [0.4, 0.5) is 0 Å². The van der Waals surface area contributed by atoms with Gasteiger partial charge < -0.3 is 10.0 Å². The summed E-state index contributed by atoms with van der Waals surface area (Å²) in [6, 6.07) is 0. The molecule has 0 atom stereocenters. The van der Waals surface area contributed by atoms with Gasteiger partial charge >= 0.3 is 0 Å². The molecule has 0 saturated heterocycles. The van der Waals surface area contributed by atoms with E-state index in [1.54, 1.807) is 0 Å². The molecule has 0 amide bonds. The summed E-state index contributed by atoms with van der Waals surface area (Å²) >= 11 is 0. The third-order valence-corrected chi connectivity index (χ3v) is 3.47. The average Bonchev–Trinajstić information content (AvgIpc) is 2.92. The van der Waals surface area contributed by atoms with Gasteiger partial charge in [0.1, 0.15) is 0 Å². The van der Waals surface area contributed by atoms with Crippen LogP contribution in [0.3, 0.4) is 0 Å². The molecule has 2 saturated carbocycles. The van der Waals surface area contributed by atoms with Gasteiger partial charge in [-0.2, -0.15) is 0 Å². The zero-order chi connectivity index (χ0) is 10.9. The molecule has 2 aliphatic carbocycles. The minimum atomic E-state index is -0.495. The van der Waals surface area contributed by atoms with Gasteiger partial charge in [0.05, 0.1) is 5.60 Å². The van der Waals surface area contributed by atoms with Gasteiger partial charge in [0.2, 0.25) is 0 Å². The fraction of sp³-hybridized carbons (Fsp3) is 1.00. The second kappa shape index (κ2) is 4.42. The molecule has 2 rings (SSSR count). The summed E-state index contributed by atoms with van der Waals surface area (Å²) in [6.07, 6.45) is 6.65. The van der Waals surface area contributed by atoms with Gasteiger partial charge in [-0.15, -0.1) is 0 Å². The van der Waals surface area contributed by atoms with Crippen LogP contribution in [0.2, 0.25) is 0 Å². The van der Waals surface area contributed by atoms with Gasteiger partial charge in [0, 0.05) is 19.6 Å². The maximum atomic E-state index is 9.74. The van der Waals surface area contributed by atoms with Crippen LogP contribution in [-0.4, -0.2) is 35.2 Å². The Morgan fingerprint density at radius 3 is 1.87 bits per heavy atom. The van der Waals surface area contributed by atoms with Crippen LogP contribution in [0.5, 0.6) is 0 Å². The Kier molecular flexibility index (Phi) is 3.36. The normalized spacial score (nSPS) is 22.4. The molecule has 0 unspecified atom stereocenters. The zero-order valence-electron chi connectivity index (χ0n) is 10.2. The highest BCUT2D eigenvalue weighted by atomic mass is 16.3. The molecule has 2 heteroatoms. The molecule has 15 heavy (non-hydrogen) atoms. The monoisotopic (exact) mass is 211 g/mol. The van der Waals surface area contributed by atoms with Gasteiger partial charge in [0.15, 0.2) is 0 Å². The molecule has 0 heterocycles. The highest BCUT2D eigenvalue weighted by molar-refractivity contribution is 4.83. The summed E-state index contributed by atoms with van der Waals surface area (Å²) in [7, 11) is 0.